The summed E-state index contributed by atoms with van der Waals surface area (Å²) in [5.74, 6) is 0.112. The fourth-order valence-electron chi connectivity index (χ4n) is 5.38. The van der Waals surface area contributed by atoms with Crippen molar-refractivity contribution in [3.8, 4) is 0 Å². The maximum Gasteiger partial charge on any atom is 0.198 e. The molecule has 0 aromatic heterocycles. The molecule has 0 amide bonds. The van der Waals surface area contributed by atoms with E-state index in [1.165, 1.54) is 11.1 Å². The van der Waals surface area contributed by atoms with E-state index in [0.29, 0.717) is 22.7 Å². The maximum atomic E-state index is 9.16. The molecule has 0 spiro atoms. The molecule has 3 N–H and O–H groups in total. The molecule has 0 saturated heterocycles. The molecular formula is C25H19N9. The van der Waals surface area contributed by atoms with Gasteiger partial charge in [0.15, 0.2) is 5.96 Å². The summed E-state index contributed by atoms with van der Waals surface area (Å²) in [6.45, 7) is 0. The third-order valence-electron chi connectivity index (χ3n) is 6.71. The van der Waals surface area contributed by atoms with Crippen LogP contribution in [0.4, 0.5) is 22.7 Å². The lowest BCUT2D eigenvalue weighted by molar-refractivity contribution is 1.02. The van der Waals surface area contributed by atoms with Crippen molar-refractivity contribution in [1.82, 2.24) is 0 Å². The average Bonchev–Trinajstić information content (AvgIpc) is 3.45. The Bertz CT molecular complexity index is 1660. The standard InChI is InChI=1S/C25H19N9/c26-25(29-23-17-5-1-3-13-7-9-15(21(13)17)11-19(23)31-33-27)30-24-18-6-2-4-14-8-10-16(22(14)18)12-20(24)32-34-28/h1-6,11-12H,7-10H2,(H3,26,29,30). The lowest BCUT2D eigenvalue weighted by atomic mass is 10.0. The summed E-state index contributed by atoms with van der Waals surface area (Å²) in [5, 5.41) is 15.1. The molecule has 4 aromatic carbocycles. The summed E-state index contributed by atoms with van der Waals surface area (Å²) in [7, 11) is 0. The number of azide groups is 2. The van der Waals surface area contributed by atoms with Crippen LogP contribution in [-0.4, -0.2) is 5.96 Å². The number of hydrogen-bond acceptors (Lipinski definition) is 3. The number of nitrogens with one attached hydrogen (secondary N) is 1. The second-order valence-electron chi connectivity index (χ2n) is 8.51. The summed E-state index contributed by atoms with van der Waals surface area (Å²) in [6.07, 6.45) is 3.70. The lowest BCUT2D eigenvalue weighted by Gasteiger charge is -2.15. The number of guanidine groups is 1. The van der Waals surface area contributed by atoms with E-state index < -0.39 is 0 Å². The minimum absolute atomic E-state index is 0.112. The Balaban J connectivity index is 1.53. The Morgan fingerprint density at radius 3 is 2.00 bits per heavy atom. The quantitative estimate of drug-likeness (QED) is 0.113. The number of rotatable bonds is 4. The van der Waals surface area contributed by atoms with Crippen molar-refractivity contribution in [3.05, 3.63) is 91.7 Å². The Kier molecular flexibility index (Phi) is 4.52. The number of anilines is 1. The van der Waals surface area contributed by atoms with E-state index in [2.05, 4.69) is 42.5 Å². The molecule has 0 heterocycles. The van der Waals surface area contributed by atoms with Crippen LogP contribution in [0.25, 0.3) is 42.4 Å². The van der Waals surface area contributed by atoms with Crippen LogP contribution >= 0.6 is 0 Å². The van der Waals surface area contributed by atoms with Crippen molar-refractivity contribution in [2.75, 3.05) is 5.32 Å². The van der Waals surface area contributed by atoms with Gasteiger partial charge in [0.25, 0.3) is 0 Å². The van der Waals surface area contributed by atoms with Crippen LogP contribution in [0.1, 0.15) is 22.3 Å². The number of hydrogen-bond donors (Lipinski definition) is 2. The minimum Gasteiger partial charge on any atom is -0.369 e. The van der Waals surface area contributed by atoms with Crippen molar-refractivity contribution in [1.29, 1.82) is 0 Å². The van der Waals surface area contributed by atoms with Gasteiger partial charge >= 0.3 is 0 Å². The van der Waals surface area contributed by atoms with Gasteiger partial charge < -0.3 is 11.1 Å². The van der Waals surface area contributed by atoms with Gasteiger partial charge in [-0.3, -0.25) is 0 Å². The van der Waals surface area contributed by atoms with Crippen molar-refractivity contribution in [2.24, 2.45) is 21.0 Å². The topological polar surface area (TPSA) is 148 Å². The third kappa shape index (κ3) is 3.00. The monoisotopic (exact) mass is 445 g/mol. The number of nitrogens with zero attached hydrogens (tertiary/aromatic N) is 7. The van der Waals surface area contributed by atoms with E-state index in [-0.39, 0.29) is 5.96 Å². The van der Waals surface area contributed by atoms with Gasteiger partial charge in [-0.25, -0.2) is 4.99 Å². The zero-order valence-electron chi connectivity index (χ0n) is 18.2. The van der Waals surface area contributed by atoms with Crippen LogP contribution in [0.15, 0.2) is 63.8 Å². The molecule has 0 atom stereocenters. The molecule has 0 unspecified atom stereocenters. The van der Waals surface area contributed by atoms with Gasteiger partial charge in [0.1, 0.15) is 0 Å². The van der Waals surface area contributed by atoms with E-state index in [4.69, 9.17) is 16.8 Å². The zero-order valence-corrected chi connectivity index (χ0v) is 18.2. The molecule has 6 rings (SSSR count). The molecule has 0 radical (unpaired) electrons. The van der Waals surface area contributed by atoms with Gasteiger partial charge in [0.05, 0.1) is 22.7 Å². The first-order valence-corrected chi connectivity index (χ1v) is 11.0. The normalized spacial score (nSPS) is 13.7. The molecule has 0 fully saturated rings. The van der Waals surface area contributed by atoms with E-state index in [1.54, 1.807) is 0 Å². The van der Waals surface area contributed by atoms with Crippen LogP contribution in [0.2, 0.25) is 0 Å². The van der Waals surface area contributed by atoms with Crippen LogP contribution in [0, 0.1) is 0 Å². The highest BCUT2D eigenvalue weighted by Gasteiger charge is 2.21. The second kappa shape index (κ2) is 7.71. The molecule has 34 heavy (non-hydrogen) atoms. The SMILES string of the molecule is [N-]=[N+]=Nc1cc2c3c(cccc3c1N=C(N)Nc1c(N=[N+]=[N-])cc3c4c(cccc14)CC3)CC2. The van der Waals surface area contributed by atoms with Crippen molar-refractivity contribution in [3.63, 3.8) is 0 Å². The van der Waals surface area contributed by atoms with Crippen molar-refractivity contribution >= 4 is 50.3 Å². The smallest absolute Gasteiger partial charge is 0.198 e. The van der Waals surface area contributed by atoms with E-state index in [9.17, 15) is 0 Å². The highest BCUT2D eigenvalue weighted by Crippen LogP contribution is 2.44. The number of aryl methyl sites for hydroxylation is 4. The van der Waals surface area contributed by atoms with E-state index >= 15 is 0 Å². The lowest BCUT2D eigenvalue weighted by Crippen LogP contribution is -2.22. The van der Waals surface area contributed by atoms with E-state index in [1.807, 2.05) is 36.4 Å². The predicted molar refractivity (Wildman–Crippen MR) is 135 cm³/mol. The molecular weight excluding hydrogens is 426 g/mol. The number of nitrogens with two attached hydrogens (primary N) is 1. The first-order chi connectivity index (χ1) is 16.7. The summed E-state index contributed by atoms with van der Waals surface area (Å²) < 4.78 is 0. The van der Waals surface area contributed by atoms with Crippen LogP contribution < -0.4 is 11.1 Å². The fourth-order valence-corrected chi connectivity index (χ4v) is 5.38. The fraction of sp³-hybridized carbons (Fsp3) is 0.160. The average molecular weight is 445 g/mol. The van der Waals surface area contributed by atoms with Gasteiger partial charge in [-0.05, 0) is 81.9 Å². The Hall–Kier alpha value is -4.71. The zero-order chi connectivity index (χ0) is 23.2. The maximum absolute atomic E-state index is 9.16. The van der Waals surface area contributed by atoms with E-state index in [0.717, 1.165) is 58.4 Å². The first kappa shape index (κ1) is 19.9. The van der Waals surface area contributed by atoms with Crippen LogP contribution in [0.5, 0.6) is 0 Å². The van der Waals surface area contributed by atoms with Crippen LogP contribution in [0.3, 0.4) is 0 Å². The highest BCUT2D eigenvalue weighted by atomic mass is 15.2. The first-order valence-electron chi connectivity index (χ1n) is 11.0. The molecule has 0 bridgehead atoms. The molecule has 0 saturated carbocycles. The molecule has 9 nitrogen and oxygen atoms in total. The van der Waals surface area contributed by atoms with Gasteiger partial charge in [-0.2, -0.15) is 0 Å². The third-order valence-corrected chi connectivity index (χ3v) is 6.71. The predicted octanol–water partition coefficient (Wildman–Crippen LogP) is 7.13. The summed E-state index contributed by atoms with van der Waals surface area (Å²) in [4.78, 5) is 10.7. The minimum atomic E-state index is 0.112. The molecule has 2 aliphatic carbocycles. The van der Waals surface area contributed by atoms with Gasteiger partial charge in [0, 0.05) is 20.6 Å². The largest absolute Gasteiger partial charge is 0.369 e. The Labute approximate surface area is 194 Å². The summed E-state index contributed by atoms with van der Waals surface area (Å²) >= 11 is 0. The van der Waals surface area contributed by atoms with Gasteiger partial charge in [-0.15, -0.1) is 0 Å². The van der Waals surface area contributed by atoms with Gasteiger partial charge in [0.2, 0.25) is 0 Å². The van der Waals surface area contributed by atoms with Crippen LogP contribution in [-0.2, 0) is 25.7 Å². The summed E-state index contributed by atoms with van der Waals surface area (Å²) in [6, 6.07) is 16.0. The molecule has 9 heteroatoms. The Morgan fingerprint density at radius 1 is 0.765 bits per heavy atom. The Morgan fingerprint density at radius 2 is 1.32 bits per heavy atom. The van der Waals surface area contributed by atoms with Crippen molar-refractivity contribution in [2.45, 2.75) is 25.7 Å². The molecule has 2 aliphatic rings. The van der Waals surface area contributed by atoms with Gasteiger partial charge in [-0.1, -0.05) is 46.6 Å². The highest BCUT2D eigenvalue weighted by molar-refractivity contribution is 6.11. The number of benzene rings is 4. The molecule has 4 aromatic rings. The van der Waals surface area contributed by atoms with Crippen molar-refractivity contribution < 1.29 is 0 Å². The second-order valence-corrected chi connectivity index (χ2v) is 8.51. The number of aliphatic imine (C=N–C) groups is 1. The summed E-state index contributed by atoms with van der Waals surface area (Å²) in [5.41, 5.74) is 31.6. The molecule has 164 valence electrons. The molecule has 0 aliphatic heterocycles.